The SMILES string of the molecule is CC(C)Cc1nnc(NC(=O)CCC(C)C2CCC3C4C(O)CC5CC(O)CCC5(C)C4CCC23C)s1. The van der Waals surface area contributed by atoms with E-state index in [0.717, 1.165) is 43.5 Å². The maximum absolute atomic E-state index is 12.7. The molecule has 3 N–H and O–H groups in total. The van der Waals surface area contributed by atoms with E-state index in [9.17, 15) is 15.0 Å². The molecule has 1 heterocycles. The molecule has 0 saturated heterocycles. The smallest absolute Gasteiger partial charge is 0.226 e. The number of rotatable bonds is 7. The van der Waals surface area contributed by atoms with Gasteiger partial charge in [0.1, 0.15) is 5.01 Å². The van der Waals surface area contributed by atoms with Gasteiger partial charge in [0.2, 0.25) is 11.0 Å². The van der Waals surface area contributed by atoms with Crippen LogP contribution in [0.25, 0.3) is 0 Å². The minimum absolute atomic E-state index is 0.0451. The number of aliphatic hydroxyl groups excluding tert-OH is 2. The summed E-state index contributed by atoms with van der Waals surface area (Å²) in [5, 5.41) is 34.7. The second-order valence-corrected chi connectivity index (χ2v) is 15.2. The maximum atomic E-state index is 12.7. The molecule has 0 spiro atoms. The second-order valence-electron chi connectivity index (χ2n) is 14.1. The minimum Gasteiger partial charge on any atom is -0.393 e. The quantitative estimate of drug-likeness (QED) is 0.396. The predicted octanol–water partition coefficient (Wildman–Crippen LogP) is 6.08. The summed E-state index contributed by atoms with van der Waals surface area (Å²) in [5.74, 6) is 3.68. The van der Waals surface area contributed by atoms with Crippen LogP contribution in [-0.2, 0) is 11.2 Å². The van der Waals surface area contributed by atoms with E-state index in [0.29, 0.717) is 53.0 Å². The standard InChI is InChI=1S/C30H49N3O3S/c1-17(2)14-26-32-33-28(37-26)31-25(36)9-6-18(3)21-7-8-22-27-23(11-13-30(21,22)5)29(4)12-10-20(34)15-19(29)16-24(27)35/h17-24,27,34-35H,6-16H2,1-5H3,(H,31,33,36). The minimum atomic E-state index is -0.231. The van der Waals surface area contributed by atoms with Crippen molar-refractivity contribution in [3.63, 3.8) is 0 Å². The molecule has 4 aliphatic rings. The molecule has 1 amide bonds. The van der Waals surface area contributed by atoms with Gasteiger partial charge >= 0.3 is 0 Å². The largest absolute Gasteiger partial charge is 0.393 e. The average Bonchev–Trinajstić information content (AvgIpc) is 3.41. The zero-order valence-corrected chi connectivity index (χ0v) is 24.4. The topological polar surface area (TPSA) is 95.3 Å². The number of nitrogens with zero attached hydrogens (tertiary/aromatic N) is 2. The molecule has 0 bridgehead atoms. The van der Waals surface area contributed by atoms with Crippen LogP contribution in [0.15, 0.2) is 0 Å². The van der Waals surface area contributed by atoms with E-state index in [4.69, 9.17) is 0 Å². The van der Waals surface area contributed by atoms with Crippen LogP contribution in [-0.4, -0.2) is 38.5 Å². The highest BCUT2D eigenvalue weighted by Gasteiger charge is 2.62. The summed E-state index contributed by atoms with van der Waals surface area (Å²) < 4.78 is 0. The van der Waals surface area contributed by atoms with Gasteiger partial charge in [0.25, 0.3) is 0 Å². The molecule has 10 atom stereocenters. The number of hydrogen-bond donors (Lipinski definition) is 3. The van der Waals surface area contributed by atoms with Crippen molar-refractivity contribution in [2.24, 2.45) is 52.3 Å². The molecule has 4 fully saturated rings. The molecule has 6 nitrogen and oxygen atoms in total. The Morgan fingerprint density at radius 2 is 1.76 bits per heavy atom. The van der Waals surface area contributed by atoms with Crippen LogP contribution < -0.4 is 5.32 Å². The zero-order valence-electron chi connectivity index (χ0n) is 23.6. The van der Waals surface area contributed by atoms with Gasteiger partial charge in [0.15, 0.2) is 0 Å². The van der Waals surface area contributed by atoms with E-state index < -0.39 is 0 Å². The normalized spacial score (nSPS) is 42.1. The fourth-order valence-electron chi connectivity index (χ4n) is 9.65. The molecule has 10 unspecified atom stereocenters. The maximum Gasteiger partial charge on any atom is 0.226 e. The van der Waals surface area contributed by atoms with Crippen molar-refractivity contribution in [3.8, 4) is 0 Å². The Labute approximate surface area is 227 Å². The van der Waals surface area contributed by atoms with Crippen molar-refractivity contribution in [1.29, 1.82) is 0 Å². The molecule has 0 radical (unpaired) electrons. The molecular weight excluding hydrogens is 482 g/mol. The van der Waals surface area contributed by atoms with E-state index in [-0.39, 0.29) is 28.9 Å². The summed E-state index contributed by atoms with van der Waals surface area (Å²) in [7, 11) is 0. The fourth-order valence-corrected chi connectivity index (χ4v) is 10.6. The van der Waals surface area contributed by atoms with Gasteiger partial charge in [-0.2, -0.15) is 0 Å². The lowest BCUT2D eigenvalue weighted by molar-refractivity contribution is -0.174. The number of carbonyl (C=O) groups excluding carboxylic acids is 1. The number of aliphatic hydroxyl groups is 2. The van der Waals surface area contributed by atoms with Crippen LogP contribution >= 0.6 is 11.3 Å². The third-order valence-electron chi connectivity index (χ3n) is 11.5. The Morgan fingerprint density at radius 1 is 1.03 bits per heavy atom. The Bertz CT molecular complexity index is 968. The summed E-state index contributed by atoms with van der Waals surface area (Å²) in [6, 6.07) is 0. The van der Waals surface area contributed by atoms with Crippen LogP contribution in [0.5, 0.6) is 0 Å². The molecule has 4 saturated carbocycles. The molecule has 37 heavy (non-hydrogen) atoms. The van der Waals surface area contributed by atoms with Gasteiger partial charge in [-0.3, -0.25) is 4.79 Å². The number of fused-ring (bicyclic) bond motifs is 5. The van der Waals surface area contributed by atoms with Crippen molar-refractivity contribution in [2.45, 2.75) is 117 Å². The van der Waals surface area contributed by atoms with E-state index in [2.05, 4.69) is 50.1 Å². The number of carbonyl (C=O) groups is 1. The number of nitrogens with one attached hydrogen (secondary N) is 1. The number of aromatic nitrogens is 2. The Morgan fingerprint density at radius 3 is 2.51 bits per heavy atom. The first-order valence-corrected chi connectivity index (χ1v) is 15.8. The van der Waals surface area contributed by atoms with Gasteiger partial charge < -0.3 is 15.5 Å². The van der Waals surface area contributed by atoms with Gasteiger partial charge in [0.05, 0.1) is 12.2 Å². The summed E-state index contributed by atoms with van der Waals surface area (Å²) in [5.41, 5.74) is 0.520. The fraction of sp³-hybridized carbons (Fsp3) is 0.900. The van der Waals surface area contributed by atoms with Crippen LogP contribution in [0, 0.1) is 52.3 Å². The molecule has 0 aliphatic heterocycles. The molecular formula is C30H49N3O3S. The molecule has 1 aromatic heterocycles. The zero-order chi connectivity index (χ0) is 26.5. The van der Waals surface area contributed by atoms with E-state index >= 15 is 0 Å². The average molecular weight is 532 g/mol. The van der Waals surface area contributed by atoms with Gasteiger partial charge in [-0.05, 0) is 110 Å². The lowest BCUT2D eigenvalue weighted by Crippen LogP contribution is -2.58. The lowest BCUT2D eigenvalue weighted by Gasteiger charge is -2.62. The number of amides is 1. The Hall–Kier alpha value is -1.05. The number of hydrogen-bond acceptors (Lipinski definition) is 6. The summed E-state index contributed by atoms with van der Waals surface area (Å²) in [6.07, 6.45) is 10.5. The second kappa shape index (κ2) is 10.5. The molecule has 208 valence electrons. The third kappa shape index (κ3) is 5.14. The highest BCUT2D eigenvalue weighted by Crippen LogP contribution is 2.68. The van der Waals surface area contributed by atoms with E-state index in [1.807, 2.05) is 0 Å². The molecule has 4 aliphatic carbocycles. The van der Waals surface area contributed by atoms with Gasteiger partial charge in [-0.15, -0.1) is 10.2 Å². The van der Waals surface area contributed by atoms with Crippen molar-refractivity contribution < 1.29 is 15.0 Å². The van der Waals surface area contributed by atoms with Crippen LogP contribution in [0.4, 0.5) is 5.13 Å². The highest BCUT2D eigenvalue weighted by molar-refractivity contribution is 7.15. The van der Waals surface area contributed by atoms with Crippen LogP contribution in [0.3, 0.4) is 0 Å². The molecule has 5 rings (SSSR count). The first kappa shape index (κ1) is 27.5. The van der Waals surface area contributed by atoms with Crippen LogP contribution in [0.1, 0.15) is 104 Å². The van der Waals surface area contributed by atoms with Gasteiger partial charge in [-0.25, -0.2) is 0 Å². The Kier molecular flexibility index (Phi) is 7.81. The molecule has 1 aromatic rings. The first-order chi connectivity index (χ1) is 17.5. The highest BCUT2D eigenvalue weighted by atomic mass is 32.1. The third-order valence-corrected chi connectivity index (χ3v) is 12.4. The Balaban J connectivity index is 1.20. The molecule has 0 aromatic carbocycles. The first-order valence-electron chi connectivity index (χ1n) is 15.0. The monoisotopic (exact) mass is 531 g/mol. The van der Waals surface area contributed by atoms with Gasteiger partial charge in [0, 0.05) is 12.8 Å². The van der Waals surface area contributed by atoms with Gasteiger partial charge in [-0.1, -0.05) is 46.0 Å². The van der Waals surface area contributed by atoms with Crippen molar-refractivity contribution in [2.75, 3.05) is 5.32 Å². The van der Waals surface area contributed by atoms with Crippen molar-refractivity contribution in [3.05, 3.63) is 5.01 Å². The lowest BCUT2D eigenvalue weighted by atomic mass is 9.43. The van der Waals surface area contributed by atoms with E-state index in [1.54, 1.807) is 0 Å². The number of anilines is 1. The van der Waals surface area contributed by atoms with E-state index in [1.165, 1.54) is 37.0 Å². The van der Waals surface area contributed by atoms with Crippen molar-refractivity contribution >= 4 is 22.4 Å². The summed E-state index contributed by atoms with van der Waals surface area (Å²) >= 11 is 1.49. The summed E-state index contributed by atoms with van der Waals surface area (Å²) in [6.45, 7) is 11.7. The molecule has 7 heteroatoms. The van der Waals surface area contributed by atoms with Crippen molar-refractivity contribution in [1.82, 2.24) is 10.2 Å². The van der Waals surface area contributed by atoms with Crippen LogP contribution in [0.2, 0.25) is 0 Å². The summed E-state index contributed by atoms with van der Waals surface area (Å²) in [4.78, 5) is 12.7. The predicted molar refractivity (Wildman–Crippen MR) is 148 cm³/mol.